The highest BCUT2D eigenvalue weighted by Gasteiger charge is 2.33. The van der Waals surface area contributed by atoms with E-state index in [2.05, 4.69) is 25.1 Å². The maximum absolute atomic E-state index is 6.44. The van der Waals surface area contributed by atoms with E-state index in [0.29, 0.717) is 5.92 Å². The number of halogens is 2. The van der Waals surface area contributed by atoms with Crippen LogP contribution in [0.3, 0.4) is 0 Å². The summed E-state index contributed by atoms with van der Waals surface area (Å²) in [5, 5.41) is 1.52. The van der Waals surface area contributed by atoms with E-state index in [4.69, 9.17) is 28.9 Å². The van der Waals surface area contributed by atoms with E-state index in [1.165, 1.54) is 11.1 Å². The van der Waals surface area contributed by atoms with Gasteiger partial charge < -0.3 is 5.73 Å². The van der Waals surface area contributed by atoms with Crippen molar-refractivity contribution < 1.29 is 0 Å². The van der Waals surface area contributed by atoms with Crippen molar-refractivity contribution in [2.75, 3.05) is 0 Å². The zero-order valence-electron chi connectivity index (χ0n) is 11.4. The van der Waals surface area contributed by atoms with Crippen molar-refractivity contribution in [3.8, 4) is 0 Å². The maximum atomic E-state index is 6.44. The molecule has 0 saturated heterocycles. The molecule has 0 spiro atoms. The molecule has 1 aliphatic rings. The number of rotatable bonds is 1. The van der Waals surface area contributed by atoms with Crippen LogP contribution < -0.4 is 5.73 Å². The van der Waals surface area contributed by atoms with Gasteiger partial charge in [-0.05, 0) is 60.7 Å². The Hall–Kier alpha value is -1.02. The molecule has 0 fully saturated rings. The molecule has 2 aromatic rings. The second-order valence-corrected chi connectivity index (χ2v) is 6.66. The minimum atomic E-state index is -0.302. The van der Waals surface area contributed by atoms with Gasteiger partial charge in [0.15, 0.2) is 0 Å². The zero-order chi connectivity index (χ0) is 14.3. The van der Waals surface area contributed by atoms with Gasteiger partial charge in [-0.3, -0.25) is 0 Å². The Labute approximate surface area is 129 Å². The second kappa shape index (κ2) is 5.07. The van der Waals surface area contributed by atoms with E-state index < -0.39 is 0 Å². The molecular weight excluding hydrogens is 289 g/mol. The molecule has 104 valence electrons. The fourth-order valence-electron chi connectivity index (χ4n) is 3.10. The molecule has 2 atom stereocenters. The van der Waals surface area contributed by atoms with Crippen LogP contribution in [0.5, 0.6) is 0 Å². The van der Waals surface area contributed by atoms with Crippen molar-refractivity contribution in [3.63, 3.8) is 0 Å². The molecule has 2 aromatic carbocycles. The molecule has 0 radical (unpaired) electrons. The van der Waals surface area contributed by atoms with E-state index >= 15 is 0 Å². The number of hydrogen-bond donors (Lipinski definition) is 1. The Kier molecular flexibility index (Phi) is 3.53. The lowest BCUT2D eigenvalue weighted by atomic mass is 9.71. The van der Waals surface area contributed by atoms with Gasteiger partial charge in [0, 0.05) is 21.5 Å². The van der Waals surface area contributed by atoms with Crippen LogP contribution in [-0.4, -0.2) is 0 Å². The Morgan fingerprint density at radius 1 is 1.05 bits per heavy atom. The van der Waals surface area contributed by atoms with Crippen LogP contribution in [0.25, 0.3) is 0 Å². The Morgan fingerprint density at radius 2 is 1.70 bits per heavy atom. The molecule has 0 heterocycles. The zero-order valence-corrected chi connectivity index (χ0v) is 12.9. The predicted octanol–water partition coefficient (Wildman–Crippen LogP) is 5.09. The van der Waals surface area contributed by atoms with Crippen LogP contribution in [0.1, 0.15) is 42.4 Å². The van der Waals surface area contributed by atoms with Crippen molar-refractivity contribution in [2.24, 2.45) is 5.73 Å². The first kappa shape index (κ1) is 13.9. The maximum Gasteiger partial charge on any atom is 0.0409 e. The standard InChI is InChI=1S/C17H17Cl2N/c1-17(20)9-8-14(11-2-4-12(18)5-3-11)15-7-6-13(19)10-16(15)17/h2-7,10,14H,8-9,20H2,1H3/t14-,17-/m0/s1. The fourth-order valence-corrected chi connectivity index (χ4v) is 3.40. The number of fused-ring (bicyclic) bond motifs is 1. The largest absolute Gasteiger partial charge is 0.322 e. The molecule has 0 aromatic heterocycles. The van der Waals surface area contributed by atoms with Gasteiger partial charge in [0.1, 0.15) is 0 Å². The monoisotopic (exact) mass is 305 g/mol. The lowest BCUT2D eigenvalue weighted by molar-refractivity contribution is 0.391. The molecular formula is C17H17Cl2N. The summed E-state index contributed by atoms with van der Waals surface area (Å²) < 4.78 is 0. The highest BCUT2D eigenvalue weighted by molar-refractivity contribution is 6.30. The van der Waals surface area contributed by atoms with Crippen LogP contribution >= 0.6 is 23.2 Å². The first-order valence-corrected chi connectivity index (χ1v) is 7.57. The van der Waals surface area contributed by atoms with Crippen LogP contribution in [0.4, 0.5) is 0 Å². The Morgan fingerprint density at radius 3 is 2.40 bits per heavy atom. The number of benzene rings is 2. The molecule has 2 N–H and O–H groups in total. The van der Waals surface area contributed by atoms with Crippen LogP contribution in [-0.2, 0) is 5.54 Å². The van der Waals surface area contributed by atoms with E-state index in [9.17, 15) is 0 Å². The normalized spacial score (nSPS) is 25.3. The van der Waals surface area contributed by atoms with Crippen LogP contribution in [0, 0.1) is 0 Å². The molecule has 1 nitrogen and oxygen atoms in total. The molecule has 3 heteroatoms. The molecule has 0 bridgehead atoms. The summed E-state index contributed by atoms with van der Waals surface area (Å²) in [6.07, 6.45) is 2.00. The van der Waals surface area contributed by atoms with E-state index in [0.717, 1.165) is 28.5 Å². The molecule has 0 aliphatic heterocycles. The van der Waals surface area contributed by atoms with E-state index in [-0.39, 0.29) is 5.54 Å². The minimum Gasteiger partial charge on any atom is -0.322 e. The smallest absolute Gasteiger partial charge is 0.0409 e. The Bertz CT molecular complexity index is 632. The summed E-state index contributed by atoms with van der Waals surface area (Å²) in [7, 11) is 0. The van der Waals surface area contributed by atoms with Gasteiger partial charge >= 0.3 is 0 Å². The van der Waals surface area contributed by atoms with Crippen molar-refractivity contribution in [3.05, 3.63) is 69.2 Å². The van der Waals surface area contributed by atoms with Gasteiger partial charge in [0.25, 0.3) is 0 Å². The third-order valence-corrected chi connectivity index (χ3v) is 4.72. The summed E-state index contributed by atoms with van der Waals surface area (Å²) in [5.74, 6) is 0.371. The van der Waals surface area contributed by atoms with E-state index in [1.807, 2.05) is 24.3 Å². The minimum absolute atomic E-state index is 0.302. The summed E-state index contributed by atoms with van der Waals surface area (Å²) in [6.45, 7) is 2.08. The quantitative estimate of drug-likeness (QED) is 0.780. The van der Waals surface area contributed by atoms with Crippen LogP contribution in [0.15, 0.2) is 42.5 Å². The average Bonchev–Trinajstić information content (AvgIpc) is 2.41. The van der Waals surface area contributed by atoms with Crippen molar-refractivity contribution in [1.82, 2.24) is 0 Å². The molecule has 0 amide bonds. The van der Waals surface area contributed by atoms with Crippen molar-refractivity contribution in [2.45, 2.75) is 31.2 Å². The molecule has 1 aliphatic carbocycles. The van der Waals surface area contributed by atoms with Crippen molar-refractivity contribution in [1.29, 1.82) is 0 Å². The molecule has 20 heavy (non-hydrogen) atoms. The highest BCUT2D eigenvalue weighted by Crippen LogP contribution is 2.43. The van der Waals surface area contributed by atoms with Gasteiger partial charge in [0.2, 0.25) is 0 Å². The third-order valence-electron chi connectivity index (χ3n) is 4.23. The fraction of sp³-hybridized carbons (Fsp3) is 0.294. The Balaban J connectivity index is 2.10. The summed E-state index contributed by atoms with van der Waals surface area (Å²) in [6, 6.07) is 14.2. The molecule has 3 rings (SSSR count). The van der Waals surface area contributed by atoms with Gasteiger partial charge in [-0.2, -0.15) is 0 Å². The van der Waals surface area contributed by atoms with Gasteiger partial charge in [-0.25, -0.2) is 0 Å². The molecule has 0 unspecified atom stereocenters. The predicted molar refractivity (Wildman–Crippen MR) is 85.5 cm³/mol. The topological polar surface area (TPSA) is 26.0 Å². The average molecular weight is 306 g/mol. The van der Waals surface area contributed by atoms with Gasteiger partial charge in [-0.1, -0.05) is 41.4 Å². The summed E-state index contributed by atoms with van der Waals surface area (Å²) >= 11 is 12.1. The van der Waals surface area contributed by atoms with Crippen molar-refractivity contribution >= 4 is 23.2 Å². The molecule has 0 saturated carbocycles. The van der Waals surface area contributed by atoms with E-state index in [1.54, 1.807) is 0 Å². The lowest BCUT2D eigenvalue weighted by Crippen LogP contribution is -2.38. The number of nitrogens with two attached hydrogens (primary N) is 1. The first-order valence-electron chi connectivity index (χ1n) is 6.82. The van der Waals surface area contributed by atoms with Gasteiger partial charge in [0.05, 0.1) is 0 Å². The van der Waals surface area contributed by atoms with Gasteiger partial charge in [-0.15, -0.1) is 0 Å². The summed E-state index contributed by atoms with van der Waals surface area (Å²) in [4.78, 5) is 0. The first-order chi connectivity index (χ1) is 9.47. The SMILES string of the molecule is C[C@]1(N)CC[C@@H](c2ccc(Cl)cc2)c2ccc(Cl)cc21. The number of hydrogen-bond acceptors (Lipinski definition) is 1. The lowest BCUT2D eigenvalue weighted by Gasteiger charge is -2.37. The highest BCUT2D eigenvalue weighted by atomic mass is 35.5. The second-order valence-electron chi connectivity index (χ2n) is 5.79. The summed E-state index contributed by atoms with van der Waals surface area (Å²) in [5.41, 5.74) is 9.87. The van der Waals surface area contributed by atoms with Crippen LogP contribution in [0.2, 0.25) is 10.0 Å². The third kappa shape index (κ3) is 2.46.